The van der Waals surface area contributed by atoms with Gasteiger partial charge in [-0.25, -0.2) is 0 Å². The minimum absolute atomic E-state index is 0.0345. The summed E-state index contributed by atoms with van der Waals surface area (Å²) < 4.78 is 0. The van der Waals surface area contributed by atoms with Crippen molar-refractivity contribution in [3.05, 3.63) is 69.2 Å². The van der Waals surface area contributed by atoms with Crippen molar-refractivity contribution in [1.82, 2.24) is 4.90 Å². The van der Waals surface area contributed by atoms with Gasteiger partial charge in [0, 0.05) is 36.8 Å². The number of amides is 2. The second-order valence-corrected chi connectivity index (χ2v) is 7.01. The fourth-order valence-electron chi connectivity index (χ4n) is 1.93. The van der Waals surface area contributed by atoms with Gasteiger partial charge in [0.1, 0.15) is 5.02 Å². The molecule has 0 fully saturated rings. The van der Waals surface area contributed by atoms with Crippen LogP contribution in [0.5, 0.6) is 0 Å². The number of benzene rings is 2. The summed E-state index contributed by atoms with van der Waals surface area (Å²) in [7, 11) is 3.34. The average Bonchev–Trinajstić information content (AvgIpc) is 2.62. The van der Waals surface area contributed by atoms with Gasteiger partial charge in [-0.15, -0.1) is 0 Å². The van der Waals surface area contributed by atoms with Crippen LogP contribution >= 0.6 is 23.4 Å². The Morgan fingerprint density at radius 2 is 1.85 bits per heavy atom. The number of nitrogens with one attached hydrogen (secondary N) is 1. The predicted molar refractivity (Wildman–Crippen MR) is 107 cm³/mol. The lowest BCUT2D eigenvalue weighted by Gasteiger charge is -2.09. The first kappa shape index (κ1) is 20.5. The van der Waals surface area contributed by atoms with Crippen molar-refractivity contribution < 1.29 is 14.5 Å². The van der Waals surface area contributed by atoms with Gasteiger partial charge in [-0.1, -0.05) is 17.7 Å². The highest BCUT2D eigenvalue weighted by molar-refractivity contribution is 8.13. The molecule has 0 aliphatic carbocycles. The van der Waals surface area contributed by atoms with E-state index in [1.54, 1.807) is 44.4 Å². The topological polar surface area (TPSA) is 92.6 Å². The molecule has 2 rings (SSSR count). The number of nitrogens with zero attached hydrogens (tertiary/aromatic N) is 2. The Morgan fingerprint density at radius 1 is 1.19 bits per heavy atom. The number of nitro groups is 1. The fourth-order valence-corrected chi connectivity index (χ4v) is 2.77. The average molecular weight is 406 g/mol. The number of thioether (sulfide) groups is 1. The number of carbonyl (C=O) groups excluding carboxylic acids is 2. The third-order valence-corrected chi connectivity index (χ3v) is 4.65. The molecular weight excluding hydrogens is 390 g/mol. The van der Waals surface area contributed by atoms with E-state index in [1.807, 2.05) is 0 Å². The highest BCUT2D eigenvalue weighted by atomic mass is 35.5. The fraction of sp³-hybridized carbons (Fsp3) is 0.111. The molecule has 0 aromatic heterocycles. The summed E-state index contributed by atoms with van der Waals surface area (Å²) >= 11 is 6.84. The lowest BCUT2D eigenvalue weighted by Crippen LogP contribution is -2.16. The molecule has 0 aliphatic rings. The summed E-state index contributed by atoms with van der Waals surface area (Å²) in [6, 6.07) is 11.1. The number of halogens is 1. The number of nitro benzene ring substituents is 1. The summed E-state index contributed by atoms with van der Waals surface area (Å²) in [6.45, 7) is 0. The first-order chi connectivity index (χ1) is 12.8. The molecule has 1 N–H and O–H groups in total. The molecule has 0 unspecified atom stereocenters. The van der Waals surface area contributed by atoms with Crippen LogP contribution < -0.4 is 5.32 Å². The van der Waals surface area contributed by atoms with Gasteiger partial charge < -0.3 is 10.2 Å². The number of anilines is 1. The Morgan fingerprint density at radius 3 is 2.44 bits per heavy atom. The molecule has 0 aliphatic heterocycles. The van der Waals surface area contributed by atoms with Gasteiger partial charge >= 0.3 is 0 Å². The number of hydrogen-bond acceptors (Lipinski definition) is 5. The first-order valence-corrected chi connectivity index (χ1v) is 8.88. The van der Waals surface area contributed by atoms with E-state index < -0.39 is 10.8 Å². The number of carbonyl (C=O) groups is 2. The van der Waals surface area contributed by atoms with Crippen LogP contribution in [-0.4, -0.2) is 35.1 Å². The maximum atomic E-state index is 12.0. The summed E-state index contributed by atoms with van der Waals surface area (Å²) in [5.74, 6) is -0.391. The van der Waals surface area contributed by atoms with E-state index in [0.717, 1.165) is 16.7 Å². The molecule has 0 heterocycles. The van der Waals surface area contributed by atoms with Gasteiger partial charge in [0.25, 0.3) is 10.9 Å². The molecule has 27 heavy (non-hydrogen) atoms. The quantitative estimate of drug-likeness (QED) is 0.337. The summed E-state index contributed by atoms with van der Waals surface area (Å²) in [5, 5.41) is 13.5. The van der Waals surface area contributed by atoms with Crippen LogP contribution in [0.25, 0.3) is 6.08 Å². The molecule has 0 atom stereocenters. The van der Waals surface area contributed by atoms with E-state index in [-0.39, 0.29) is 15.9 Å². The Kier molecular flexibility index (Phi) is 6.98. The molecule has 2 amide bonds. The van der Waals surface area contributed by atoms with Crippen LogP contribution in [0.1, 0.15) is 5.56 Å². The SMILES string of the molecule is CN(C)C(=O)Sc1ccc(NC(=O)/C=C/c2ccc(Cl)c([N+](=O)[O-])c2)cc1. The Bertz CT molecular complexity index is 898. The Balaban J connectivity index is 1.99. The second kappa shape index (κ2) is 9.20. The molecule has 0 saturated heterocycles. The monoisotopic (exact) mass is 405 g/mol. The van der Waals surface area contributed by atoms with Crippen molar-refractivity contribution in [2.45, 2.75) is 4.90 Å². The highest BCUT2D eigenvalue weighted by Crippen LogP contribution is 2.26. The van der Waals surface area contributed by atoms with Crippen molar-refractivity contribution in [1.29, 1.82) is 0 Å². The minimum Gasteiger partial charge on any atom is -0.339 e. The molecule has 0 bridgehead atoms. The molecule has 0 saturated carbocycles. The molecule has 7 nitrogen and oxygen atoms in total. The van der Waals surface area contributed by atoms with E-state index in [2.05, 4.69) is 5.32 Å². The molecule has 2 aromatic carbocycles. The standard InChI is InChI=1S/C18H16ClN3O4S/c1-21(2)18(24)27-14-7-5-13(6-8-14)20-17(23)10-4-12-3-9-15(19)16(11-12)22(25)26/h3-11H,1-2H3,(H,20,23)/b10-4+. The Labute approximate surface area is 165 Å². The Hall–Kier alpha value is -2.84. The van der Waals surface area contributed by atoms with Crippen molar-refractivity contribution in [3.63, 3.8) is 0 Å². The summed E-state index contributed by atoms with van der Waals surface area (Å²) in [5.41, 5.74) is 0.822. The van der Waals surface area contributed by atoms with E-state index in [0.29, 0.717) is 11.3 Å². The van der Waals surface area contributed by atoms with Gasteiger partial charge in [0.15, 0.2) is 0 Å². The molecule has 9 heteroatoms. The highest BCUT2D eigenvalue weighted by Gasteiger charge is 2.12. The first-order valence-electron chi connectivity index (χ1n) is 7.68. The summed E-state index contributed by atoms with van der Waals surface area (Å²) in [4.78, 5) is 36.2. The van der Waals surface area contributed by atoms with Gasteiger partial charge in [0.2, 0.25) is 5.91 Å². The maximum absolute atomic E-state index is 12.0. The second-order valence-electron chi connectivity index (χ2n) is 5.58. The van der Waals surface area contributed by atoms with Gasteiger partial charge in [-0.3, -0.25) is 19.7 Å². The van der Waals surface area contributed by atoms with Crippen LogP contribution in [0.15, 0.2) is 53.4 Å². The van der Waals surface area contributed by atoms with Crippen LogP contribution in [0.2, 0.25) is 5.02 Å². The number of hydrogen-bond donors (Lipinski definition) is 1. The zero-order valence-electron chi connectivity index (χ0n) is 14.5. The smallest absolute Gasteiger partial charge is 0.288 e. The third kappa shape index (κ3) is 6.12. The van der Waals surface area contributed by atoms with Crippen molar-refractivity contribution in [2.24, 2.45) is 0 Å². The minimum atomic E-state index is -0.583. The van der Waals surface area contributed by atoms with E-state index in [1.165, 1.54) is 29.2 Å². The molecule has 140 valence electrons. The molecule has 0 radical (unpaired) electrons. The number of rotatable bonds is 5. The largest absolute Gasteiger partial charge is 0.339 e. The lowest BCUT2D eigenvalue weighted by atomic mass is 10.2. The third-order valence-electron chi connectivity index (χ3n) is 3.29. The molecule has 2 aromatic rings. The van der Waals surface area contributed by atoms with E-state index in [9.17, 15) is 19.7 Å². The van der Waals surface area contributed by atoms with E-state index >= 15 is 0 Å². The maximum Gasteiger partial charge on any atom is 0.288 e. The van der Waals surface area contributed by atoms with Crippen LogP contribution in [0.3, 0.4) is 0 Å². The van der Waals surface area contributed by atoms with Gasteiger partial charge in [-0.2, -0.15) is 0 Å². The lowest BCUT2D eigenvalue weighted by molar-refractivity contribution is -0.384. The van der Waals surface area contributed by atoms with Gasteiger partial charge in [0.05, 0.1) is 4.92 Å². The van der Waals surface area contributed by atoms with Crippen molar-refractivity contribution in [3.8, 4) is 0 Å². The zero-order valence-corrected chi connectivity index (χ0v) is 16.1. The van der Waals surface area contributed by atoms with Crippen LogP contribution in [0, 0.1) is 10.1 Å². The van der Waals surface area contributed by atoms with E-state index in [4.69, 9.17) is 11.6 Å². The predicted octanol–water partition coefficient (Wildman–Crippen LogP) is 4.67. The normalized spacial score (nSPS) is 10.6. The van der Waals surface area contributed by atoms with Gasteiger partial charge in [-0.05, 0) is 53.7 Å². The molecular formula is C18H16ClN3O4S. The molecule has 0 spiro atoms. The summed E-state index contributed by atoms with van der Waals surface area (Å²) in [6.07, 6.45) is 2.73. The van der Waals surface area contributed by atoms with Crippen LogP contribution in [-0.2, 0) is 4.79 Å². The van der Waals surface area contributed by atoms with Crippen molar-refractivity contribution >= 4 is 52.0 Å². The zero-order chi connectivity index (χ0) is 20.0. The van der Waals surface area contributed by atoms with Crippen LogP contribution in [0.4, 0.5) is 16.2 Å². The van der Waals surface area contributed by atoms with Crippen molar-refractivity contribution in [2.75, 3.05) is 19.4 Å².